The molecule has 0 unspecified atom stereocenters. The highest BCUT2D eigenvalue weighted by Crippen LogP contribution is 2.19. The maximum absolute atomic E-state index is 11.3. The zero-order valence-corrected chi connectivity index (χ0v) is 9.20. The summed E-state index contributed by atoms with van der Waals surface area (Å²) in [5.74, 6) is -1.31. The molecular formula is C11H14N2O3. The third-order valence-corrected chi connectivity index (χ3v) is 2.10. The van der Waals surface area contributed by atoms with E-state index in [4.69, 9.17) is 5.11 Å². The van der Waals surface area contributed by atoms with Gasteiger partial charge in [0.1, 0.15) is 0 Å². The predicted molar refractivity (Wildman–Crippen MR) is 60.7 cm³/mol. The number of aromatic carboxylic acids is 1. The number of carboxylic acids is 1. The van der Waals surface area contributed by atoms with Gasteiger partial charge in [0.05, 0.1) is 17.8 Å². The van der Waals surface area contributed by atoms with E-state index in [2.05, 4.69) is 10.6 Å². The van der Waals surface area contributed by atoms with Crippen molar-refractivity contribution in [2.75, 3.05) is 18.9 Å². The fourth-order valence-corrected chi connectivity index (χ4v) is 1.41. The first-order chi connectivity index (χ1) is 7.56. The molecule has 0 bridgehead atoms. The van der Waals surface area contributed by atoms with Crippen LogP contribution in [0, 0.1) is 6.92 Å². The minimum Gasteiger partial charge on any atom is -0.478 e. The molecule has 0 aromatic heterocycles. The van der Waals surface area contributed by atoms with Crippen molar-refractivity contribution < 1.29 is 14.7 Å². The van der Waals surface area contributed by atoms with Crippen molar-refractivity contribution in [1.82, 2.24) is 5.32 Å². The molecule has 0 aliphatic heterocycles. The van der Waals surface area contributed by atoms with Crippen molar-refractivity contribution in [3.8, 4) is 0 Å². The van der Waals surface area contributed by atoms with Gasteiger partial charge in [-0.3, -0.25) is 4.79 Å². The van der Waals surface area contributed by atoms with Gasteiger partial charge in [-0.2, -0.15) is 0 Å². The fraction of sp³-hybridized carbons (Fsp3) is 0.273. The quantitative estimate of drug-likeness (QED) is 0.705. The lowest BCUT2D eigenvalue weighted by Gasteiger charge is -2.10. The summed E-state index contributed by atoms with van der Waals surface area (Å²) in [5.41, 5.74) is 1.08. The van der Waals surface area contributed by atoms with Gasteiger partial charge in [-0.15, -0.1) is 0 Å². The Bertz CT molecular complexity index is 416. The lowest BCUT2D eigenvalue weighted by atomic mass is 10.1. The van der Waals surface area contributed by atoms with Gasteiger partial charge < -0.3 is 15.7 Å². The normalized spacial score (nSPS) is 9.88. The molecule has 0 heterocycles. The molecule has 0 atom stereocenters. The summed E-state index contributed by atoms with van der Waals surface area (Å²) in [6.07, 6.45) is 0. The molecule has 5 nitrogen and oxygen atoms in total. The van der Waals surface area contributed by atoms with Crippen molar-refractivity contribution in [3.63, 3.8) is 0 Å². The van der Waals surface area contributed by atoms with Gasteiger partial charge >= 0.3 is 5.97 Å². The van der Waals surface area contributed by atoms with Gasteiger partial charge in [0.2, 0.25) is 5.91 Å². The number of aryl methyl sites for hydroxylation is 1. The molecule has 1 rings (SSSR count). The molecule has 0 aliphatic carbocycles. The summed E-state index contributed by atoms with van der Waals surface area (Å²) in [6.45, 7) is 1.84. The summed E-state index contributed by atoms with van der Waals surface area (Å²) < 4.78 is 0. The molecule has 0 aliphatic rings. The molecule has 1 aromatic carbocycles. The first-order valence-corrected chi connectivity index (χ1v) is 4.83. The zero-order valence-electron chi connectivity index (χ0n) is 9.20. The van der Waals surface area contributed by atoms with Gasteiger partial charge in [-0.25, -0.2) is 4.79 Å². The Morgan fingerprint density at radius 3 is 2.62 bits per heavy atom. The van der Waals surface area contributed by atoms with E-state index in [0.29, 0.717) is 11.3 Å². The standard InChI is InChI=1S/C11H14N2O3/c1-7-4-3-5-8(10(7)11(15)16)13-9(14)6-12-2/h3-5,12H,6H2,1-2H3,(H,13,14)(H,15,16). The van der Waals surface area contributed by atoms with E-state index in [1.54, 1.807) is 32.2 Å². The highest BCUT2D eigenvalue weighted by atomic mass is 16.4. The molecule has 0 radical (unpaired) electrons. The second-order valence-corrected chi connectivity index (χ2v) is 3.38. The Balaban J connectivity index is 3.00. The lowest BCUT2D eigenvalue weighted by molar-refractivity contribution is -0.115. The summed E-state index contributed by atoms with van der Waals surface area (Å²) in [7, 11) is 1.65. The largest absolute Gasteiger partial charge is 0.478 e. The van der Waals surface area contributed by atoms with Crippen LogP contribution in [-0.4, -0.2) is 30.6 Å². The number of nitrogens with one attached hydrogen (secondary N) is 2. The van der Waals surface area contributed by atoms with Crippen LogP contribution in [0.2, 0.25) is 0 Å². The van der Waals surface area contributed by atoms with Gasteiger partial charge in [-0.05, 0) is 25.6 Å². The van der Waals surface area contributed by atoms with Gasteiger partial charge in [0.25, 0.3) is 0 Å². The summed E-state index contributed by atoms with van der Waals surface area (Å²) in [5, 5.41) is 14.3. The highest BCUT2D eigenvalue weighted by molar-refractivity contribution is 6.02. The van der Waals surface area contributed by atoms with E-state index >= 15 is 0 Å². The number of carboxylic acid groups (broad SMARTS) is 1. The van der Waals surface area contributed by atoms with Gasteiger partial charge in [0, 0.05) is 0 Å². The Morgan fingerprint density at radius 1 is 1.38 bits per heavy atom. The van der Waals surface area contributed by atoms with Crippen LogP contribution in [0.4, 0.5) is 5.69 Å². The summed E-state index contributed by atoms with van der Waals surface area (Å²) in [4.78, 5) is 22.3. The minimum atomic E-state index is -1.04. The topological polar surface area (TPSA) is 78.4 Å². The van der Waals surface area contributed by atoms with Crippen LogP contribution in [0.1, 0.15) is 15.9 Å². The molecule has 0 saturated heterocycles. The summed E-state index contributed by atoms with van der Waals surface area (Å²) >= 11 is 0. The molecule has 5 heteroatoms. The number of amides is 1. The average Bonchev–Trinajstić information content (AvgIpc) is 2.17. The number of carbonyl (C=O) groups excluding carboxylic acids is 1. The maximum atomic E-state index is 11.3. The van der Waals surface area contributed by atoms with Crippen LogP contribution in [0.3, 0.4) is 0 Å². The molecule has 3 N–H and O–H groups in total. The fourth-order valence-electron chi connectivity index (χ4n) is 1.41. The van der Waals surface area contributed by atoms with E-state index in [9.17, 15) is 9.59 Å². The SMILES string of the molecule is CNCC(=O)Nc1cccc(C)c1C(=O)O. The van der Waals surface area contributed by atoms with Crippen LogP contribution in [0.25, 0.3) is 0 Å². The van der Waals surface area contributed by atoms with E-state index in [-0.39, 0.29) is 18.0 Å². The van der Waals surface area contributed by atoms with Crippen molar-refractivity contribution in [2.24, 2.45) is 0 Å². The first-order valence-electron chi connectivity index (χ1n) is 4.83. The van der Waals surface area contributed by atoms with Crippen LogP contribution < -0.4 is 10.6 Å². The van der Waals surface area contributed by atoms with E-state index in [0.717, 1.165) is 0 Å². The number of hydrogen-bond acceptors (Lipinski definition) is 3. The molecule has 1 amide bonds. The average molecular weight is 222 g/mol. The molecule has 0 spiro atoms. The number of likely N-dealkylation sites (N-methyl/N-ethyl adjacent to an activating group) is 1. The number of benzene rings is 1. The third-order valence-electron chi connectivity index (χ3n) is 2.10. The Kier molecular flexibility index (Phi) is 4.02. The Morgan fingerprint density at radius 2 is 2.06 bits per heavy atom. The van der Waals surface area contributed by atoms with E-state index in [1.807, 2.05) is 0 Å². The van der Waals surface area contributed by atoms with Gasteiger partial charge in [-0.1, -0.05) is 12.1 Å². The predicted octanol–water partition coefficient (Wildman–Crippen LogP) is 0.851. The third kappa shape index (κ3) is 2.80. The van der Waals surface area contributed by atoms with Crippen LogP contribution in [0.15, 0.2) is 18.2 Å². The van der Waals surface area contributed by atoms with E-state index in [1.165, 1.54) is 0 Å². The zero-order chi connectivity index (χ0) is 12.1. The van der Waals surface area contributed by atoms with Gasteiger partial charge in [0.15, 0.2) is 0 Å². The second kappa shape index (κ2) is 5.27. The number of hydrogen-bond donors (Lipinski definition) is 3. The monoisotopic (exact) mass is 222 g/mol. The van der Waals surface area contributed by atoms with Crippen molar-refractivity contribution in [2.45, 2.75) is 6.92 Å². The van der Waals surface area contributed by atoms with Crippen LogP contribution in [0.5, 0.6) is 0 Å². The Hall–Kier alpha value is -1.88. The molecule has 0 saturated carbocycles. The number of carbonyl (C=O) groups is 2. The molecule has 1 aromatic rings. The smallest absolute Gasteiger partial charge is 0.338 e. The second-order valence-electron chi connectivity index (χ2n) is 3.38. The highest BCUT2D eigenvalue weighted by Gasteiger charge is 2.14. The Labute approximate surface area is 93.5 Å². The van der Waals surface area contributed by atoms with Crippen molar-refractivity contribution in [1.29, 1.82) is 0 Å². The molecular weight excluding hydrogens is 208 g/mol. The number of anilines is 1. The van der Waals surface area contributed by atoms with Crippen LogP contribution >= 0.6 is 0 Å². The molecule has 0 fully saturated rings. The summed E-state index contributed by atoms with van der Waals surface area (Å²) in [6, 6.07) is 4.97. The molecule has 16 heavy (non-hydrogen) atoms. The number of rotatable bonds is 4. The first kappa shape index (κ1) is 12.2. The van der Waals surface area contributed by atoms with Crippen LogP contribution in [-0.2, 0) is 4.79 Å². The van der Waals surface area contributed by atoms with Crippen molar-refractivity contribution in [3.05, 3.63) is 29.3 Å². The maximum Gasteiger partial charge on any atom is 0.338 e. The molecule has 86 valence electrons. The lowest BCUT2D eigenvalue weighted by Crippen LogP contribution is -2.26. The van der Waals surface area contributed by atoms with E-state index < -0.39 is 5.97 Å². The van der Waals surface area contributed by atoms with Crippen molar-refractivity contribution >= 4 is 17.6 Å². The minimum absolute atomic E-state index is 0.131.